The first-order chi connectivity index (χ1) is 13.1. The molecular weight excluding hydrogens is 334 g/mol. The Morgan fingerprint density at radius 2 is 1.81 bits per heavy atom. The summed E-state index contributed by atoms with van der Waals surface area (Å²) in [6, 6.07) is 10.1. The monoisotopic (exact) mass is 363 g/mol. The standard InChI is InChI=1S/C23H29N3O/c1-15-6-5-9-21(16(15)2)26-22(19-7-3-4-8-20(19)23(26)27)25-18-12-10-17(14-24)11-13-18/h10-13,15-16,21-22,25H,3-9H2,1-2H3. The van der Waals surface area contributed by atoms with Gasteiger partial charge in [-0.25, -0.2) is 0 Å². The van der Waals surface area contributed by atoms with E-state index in [1.54, 1.807) is 0 Å². The van der Waals surface area contributed by atoms with Gasteiger partial charge in [-0.1, -0.05) is 26.7 Å². The van der Waals surface area contributed by atoms with E-state index in [0.717, 1.165) is 36.9 Å². The molecule has 1 saturated carbocycles. The molecule has 3 aliphatic rings. The Balaban J connectivity index is 1.66. The third-order valence-electron chi connectivity index (χ3n) is 6.95. The van der Waals surface area contributed by atoms with Gasteiger partial charge in [0.25, 0.3) is 5.91 Å². The molecule has 142 valence electrons. The topological polar surface area (TPSA) is 56.1 Å². The fraction of sp³-hybridized carbons (Fsp3) is 0.565. The SMILES string of the molecule is CC1CCCC(N2C(=O)C3=C(CCCC3)C2Nc2ccc(C#N)cc2)C1C. The second-order valence-corrected chi connectivity index (χ2v) is 8.49. The van der Waals surface area contributed by atoms with Gasteiger partial charge in [0.05, 0.1) is 11.6 Å². The Labute approximate surface area is 162 Å². The van der Waals surface area contributed by atoms with Gasteiger partial charge in [-0.3, -0.25) is 4.79 Å². The number of nitriles is 1. The quantitative estimate of drug-likeness (QED) is 0.836. The molecule has 4 nitrogen and oxygen atoms in total. The highest BCUT2D eigenvalue weighted by atomic mass is 16.2. The van der Waals surface area contributed by atoms with E-state index in [1.807, 2.05) is 24.3 Å². The molecule has 0 saturated heterocycles. The molecule has 4 heteroatoms. The molecule has 4 unspecified atom stereocenters. The Morgan fingerprint density at radius 3 is 2.56 bits per heavy atom. The Morgan fingerprint density at radius 1 is 1.07 bits per heavy atom. The third-order valence-corrected chi connectivity index (χ3v) is 6.95. The van der Waals surface area contributed by atoms with E-state index in [0.29, 0.717) is 23.4 Å². The molecule has 1 aromatic carbocycles. The molecule has 1 aromatic rings. The zero-order chi connectivity index (χ0) is 19.0. The molecule has 1 amide bonds. The molecular formula is C23H29N3O. The maximum Gasteiger partial charge on any atom is 0.252 e. The highest BCUT2D eigenvalue weighted by Crippen LogP contribution is 2.42. The number of carbonyl (C=O) groups excluding carboxylic acids is 1. The van der Waals surface area contributed by atoms with Crippen molar-refractivity contribution in [1.29, 1.82) is 5.26 Å². The van der Waals surface area contributed by atoms with Gasteiger partial charge in [-0.05, 0) is 73.8 Å². The number of hydrogen-bond donors (Lipinski definition) is 1. The van der Waals surface area contributed by atoms with Crippen LogP contribution in [-0.2, 0) is 4.79 Å². The van der Waals surface area contributed by atoms with Gasteiger partial charge >= 0.3 is 0 Å². The number of nitrogens with zero attached hydrogens (tertiary/aromatic N) is 2. The fourth-order valence-electron chi connectivity index (χ4n) is 5.16. The number of benzene rings is 1. The normalized spacial score (nSPS) is 30.9. The van der Waals surface area contributed by atoms with Crippen molar-refractivity contribution in [2.45, 2.75) is 71.0 Å². The summed E-state index contributed by atoms with van der Waals surface area (Å²) >= 11 is 0. The number of rotatable bonds is 3. The van der Waals surface area contributed by atoms with Crippen molar-refractivity contribution in [2.75, 3.05) is 5.32 Å². The average molecular weight is 364 g/mol. The van der Waals surface area contributed by atoms with Crippen LogP contribution >= 0.6 is 0 Å². The zero-order valence-corrected chi connectivity index (χ0v) is 16.4. The lowest BCUT2D eigenvalue weighted by Crippen LogP contribution is -2.52. The molecule has 2 aliphatic carbocycles. The molecule has 27 heavy (non-hydrogen) atoms. The minimum Gasteiger partial charge on any atom is -0.362 e. The van der Waals surface area contributed by atoms with E-state index >= 15 is 0 Å². The minimum atomic E-state index is -0.0292. The minimum absolute atomic E-state index is 0.0292. The molecule has 1 heterocycles. The van der Waals surface area contributed by atoms with Crippen LogP contribution in [0.1, 0.15) is 64.4 Å². The summed E-state index contributed by atoms with van der Waals surface area (Å²) in [4.78, 5) is 15.6. The van der Waals surface area contributed by atoms with Gasteiger partial charge in [0, 0.05) is 17.3 Å². The lowest BCUT2D eigenvalue weighted by molar-refractivity contribution is -0.131. The van der Waals surface area contributed by atoms with Gasteiger partial charge in [-0.15, -0.1) is 0 Å². The summed E-state index contributed by atoms with van der Waals surface area (Å²) in [5.41, 5.74) is 4.01. The predicted molar refractivity (Wildman–Crippen MR) is 107 cm³/mol. The Kier molecular flexibility index (Phi) is 4.95. The van der Waals surface area contributed by atoms with Crippen molar-refractivity contribution in [2.24, 2.45) is 11.8 Å². The van der Waals surface area contributed by atoms with Crippen molar-refractivity contribution >= 4 is 11.6 Å². The lowest BCUT2D eigenvalue weighted by atomic mass is 9.77. The van der Waals surface area contributed by atoms with Gasteiger partial charge in [0.1, 0.15) is 6.17 Å². The number of carbonyl (C=O) groups is 1. The summed E-state index contributed by atoms with van der Waals surface area (Å²) in [7, 11) is 0. The summed E-state index contributed by atoms with van der Waals surface area (Å²) in [5.74, 6) is 1.45. The molecule has 0 bridgehead atoms. The van der Waals surface area contributed by atoms with E-state index in [-0.39, 0.29) is 12.1 Å². The van der Waals surface area contributed by atoms with Crippen LogP contribution < -0.4 is 5.32 Å². The van der Waals surface area contributed by atoms with Crippen molar-refractivity contribution in [3.63, 3.8) is 0 Å². The van der Waals surface area contributed by atoms with Crippen LogP contribution in [0.15, 0.2) is 35.4 Å². The summed E-state index contributed by atoms with van der Waals surface area (Å²) in [6.45, 7) is 4.64. The smallest absolute Gasteiger partial charge is 0.252 e. The molecule has 1 aliphatic heterocycles. The van der Waals surface area contributed by atoms with Crippen LogP contribution in [0.2, 0.25) is 0 Å². The van der Waals surface area contributed by atoms with Crippen molar-refractivity contribution in [3.8, 4) is 6.07 Å². The second-order valence-electron chi connectivity index (χ2n) is 8.49. The number of anilines is 1. The van der Waals surface area contributed by atoms with Crippen molar-refractivity contribution in [3.05, 3.63) is 41.0 Å². The Bertz CT molecular complexity index is 789. The zero-order valence-electron chi connectivity index (χ0n) is 16.4. The number of nitrogens with one attached hydrogen (secondary N) is 1. The van der Waals surface area contributed by atoms with Gasteiger partial charge in [0.15, 0.2) is 0 Å². The number of hydrogen-bond acceptors (Lipinski definition) is 3. The average Bonchev–Trinajstić information content (AvgIpc) is 2.97. The largest absolute Gasteiger partial charge is 0.362 e. The van der Waals surface area contributed by atoms with Crippen LogP contribution in [0.5, 0.6) is 0 Å². The summed E-state index contributed by atoms with van der Waals surface area (Å²) < 4.78 is 0. The molecule has 0 spiro atoms. The van der Waals surface area contributed by atoms with Crippen LogP contribution in [0, 0.1) is 23.2 Å². The van der Waals surface area contributed by atoms with Crippen LogP contribution in [0.25, 0.3) is 0 Å². The fourth-order valence-corrected chi connectivity index (χ4v) is 5.16. The molecule has 1 fully saturated rings. The predicted octanol–water partition coefficient (Wildman–Crippen LogP) is 4.83. The highest BCUT2D eigenvalue weighted by Gasteiger charge is 2.45. The molecule has 4 rings (SSSR count). The maximum absolute atomic E-state index is 13.4. The van der Waals surface area contributed by atoms with Crippen molar-refractivity contribution in [1.82, 2.24) is 4.90 Å². The van der Waals surface area contributed by atoms with E-state index < -0.39 is 0 Å². The highest BCUT2D eigenvalue weighted by molar-refractivity contribution is 5.98. The van der Waals surface area contributed by atoms with E-state index in [4.69, 9.17) is 5.26 Å². The molecule has 1 N–H and O–H groups in total. The van der Waals surface area contributed by atoms with E-state index in [2.05, 4.69) is 30.1 Å². The first-order valence-electron chi connectivity index (χ1n) is 10.4. The third kappa shape index (κ3) is 3.25. The van der Waals surface area contributed by atoms with Crippen LogP contribution in [0.3, 0.4) is 0 Å². The summed E-state index contributed by atoms with van der Waals surface area (Å²) in [5, 5.41) is 12.7. The number of amides is 1. The molecule has 0 radical (unpaired) electrons. The maximum atomic E-state index is 13.4. The lowest BCUT2D eigenvalue weighted by Gasteiger charge is -2.43. The van der Waals surface area contributed by atoms with Crippen LogP contribution in [0.4, 0.5) is 5.69 Å². The van der Waals surface area contributed by atoms with Gasteiger partial charge in [0.2, 0.25) is 0 Å². The molecule has 4 atom stereocenters. The van der Waals surface area contributed by atoms with Crippen LogP contribution in [-0.4, -0.2) is 23.0 Å². The van der Waals surface area contributed by atoms with Gasteiger partial charge in [-0.2, -0.15) is 5.26 Å². The molecule has 0 aromatic heterocycles. The first-order valence-corrected chi connectivity index (χ1v) is 10.4. The van der Waals surface area contributed by atoms with Crippen molar-refractivity contribution < 1.29 is 4.79 Å². The van der Waals surface area contributed by atoms with E-state index in [1.165, 1.54) is 24.8 Å². The van der Waals surface area contributed by atoms with Gasteiger partial charge < -0.3 is 10.2 Å². The Hall–Kier alpha value is -2.28. The first kappa shape index (κ1) is 18.1. The summed E-state index contributed by atoms with van der Waals surface area (Å²) in [6.07, 6.45) is 7.77. The second kappa shape index (κ2) is 7.38. The van der Waals surface area contributed by atoms with E-state index in [9.17, 15) is 4.79 Å².